The minimum atomic E-state index is -2.47. The fraction of sp³-hybridized carbons (Fsp3) is 0.304. The van der Waals surface area contributed by atoms with E-state index in [4.69, 9.17) is 33.2 Å². The van der Waals surface area contributed by atoms with Gasteiger partial charge < -0.3 is 0 Å². The van der Waals surface area contributed by atoms with Crippen LogP contribution in [0.15, 0.2) is 53.6 Å². The molecule has 1 atom stereocenters. The van der Waals surface area contributed by atoms with Crippen LogP contribution in [0.25, 0.3) is 12.2 Å². The van der Waals surface area contributed by atoms with Crippen molar-refractivity contribution in [1.82, 2.24) is 0 Å². The topological polar surface area (TPSA) is 0 Å². The maximum absolute atomic E-state index is 5.98. The molecule has 0 N–H and O–H groups in total. The summed E-state index contributed by atoms with van der Waals surface area (Å²) in [6.07, 6.45) is 8.92. The zero-order chi connectivity index (χ0) is 19.0. The second kappa shape index (κ2) is 7.79. The van der Waals surface area contributed by atoms with Gasteiger partial charge in [0.2, 0.25) is 0 Å². The molecule has 4 heteroatoms. The van der Waals surface area contributed by atoms with Crippen LogP contribution in [0.1, 0.15) is 53.5 Å². The first-order valence-corrected chi connectivity index (χ1v) is 14.8. The quantitative estimate of drug-likeness (QED) is 0.247. The maximum Gasteiger partial charge on any atom is 0.341 e. The molecule has 0 amide bonds. The van der Waals surface area contributed by atoms with Gasteiger partial charge in [-0.25, -0.2) is 0 Å². The largest absolute Gasteiger partial charge is 0.341 e. The fourth-order valence-electron chi connectivity index (χ4n) is 4.39. The molecule has 0 aliphatic heterocycles. The Bertz CT molecular complexity index is 921. The van der Waals surface area contributed by atoms with Gasteiger partial charge in [-0.1, -0.05) is 72.2 Å². The number of halogens is 3. The Labute approximate surface area is 177 Å². The first kappa shape index (κ1) is 19.3. The van der Waals surface area contributed by atoms with Crippen LogP contribution in [0.2, 0.25) is 6.04 Å². The summed E-state index contributed by atoms with van der Waals surface area (Å²) in [5, 5.41) is 0. The second-order valence-corrected chi connectivity index (χ2v) is 17.0. The molecule has 27 heavy (non-hydrogen) atoms. The van der Waals surface area contributed by atoms with Crippen LogP contribution in [0.3, 0.4) is 0 Å². The van der Waals surface area contributed by atoms with E-state index in [-0.39, 0.29) is 0 Å². The third-order valence-electron chi connectivity index (χ3n) is 5.63. The van der Waals surface area contributed by atoms with Crippen molar-refractivity contribution >= 4 is 51.4 Å². The lowest BCUT2D eigenvalue weighted by Gasteiger charge is -2.16. The van der Waals surface area contributed by atoms with E-state index in [2.05, 4.69) is 61.5 Å². The predicted octanol–water partition coefficient (Wildman–Crippen LogP) is 7.80. The Morgan fingerprint density at radius 1 is 0.963 bits per heavy atom. The zero-order valence-corrected chi connectivity index (χ0v) is 18.7. The van der Waals surface area contributed by atoms with Gasteiger partial charge >= 0.3 is 6.00 Å². The van der Waals surface area contributed by atoms with Crippen LogP contribution >= 0.6 is 33.2 Å². The lowest BCUT2D eigenvalue weighted by molar-refractivity contribution is 0.790. The SMILES string of the molecule is CC1=Cc2ccccc2C1C1=Cc2ccc(CCCC[Si](Cl)(Cl)Cl)cc2C1. The van der Waals surface area contributed by atoms with Crippen LogP contribution in [0, 0.1) is 0 Å². The Morgan fingerprint density at radius 2 is 1.78 bits per heavy atom. The summed E-state index contributed by atoms with van der Waals surface area (Å²) in [6, 6.07) is 14.0. The lowest BCUT2D eigenvalue weighted by Crippen LogP contribution is -2.07. The van der Waals surface area contributed by atoms with Crippen LogP contribution in [0.5, 0.6) is 0 Å². The molecule has 0 nitrogen and oxygen atoms in total. The third-order valence-corrected chi connectivity index (χ3v) is 8.26. The Hall–Kier alpha value is -0.993. The van der Waals surface area contributed by atoms with Crippen molar-refractivity contribution in [2.75, 3.05) is 0 Å². The smallest absolute Gasteiger partial charge is 0.126 e. The summed E-state index contributed by atoms with van der Waals surface area (Å²) in [4.78, 5) is 0. The van der Waals surface area contributed by atoms with Gasteiger partial charge in [0.05, 0.1) is 0 Å². The molecule has 2 aromatic rings. The van der Waals surface area contributed by atoms with Gasteiger partial charge in [-0.05, 0) is 60.0 Å². The highest BCUT2D eigenvalue weighted by Gasteiger charge is 2.28. The molecule has 2 aliphatic carbocycles. The van der Waals surface area contributed by atoms with Crippen LogP contribution in [0.4, 0.5) is 0 Å². The summed E-state index contributed by atoms with van der Waals surface area (Å²) in [6.45, 7) is 2.26. The van der Waals surface area contributed by atoms with Gasteiger partial charge in [-0.15, -0.1) is 33.2 Å². The molecule has 140 valence electrons. The molecular formula is C23H23Cl3Si. The van der Waals surface area contributed by atoms with Crippen molar-refractivity contribution in [2.45, 2.75) is 44.6 Å². The highest BCUT2D eigenvalue weighted by atomic mass is 35.8. The van der Waals surface area contributed by atoms with Gasteiger partial charge in [0.15, 0.2) is 0 Å². The number of hydrogen-bond donors (Lipinski definition) is 0. The molecule has 2 aromatic carbocycles. The van der Waals surface area contributed by atoms with E-state index in [0.29, 0.717) is 5.92 Å². The summed E-state index contributed by atoms with van der Waals surface area (Å²) >= 11 is 17.9. The molecule has 0 heterocycles. The van der Waals surface area contributed by atoms with Crippen molar-refractivity contribution < 1.29 is 0 Å². The van der Waals surface area contributed by atoms with Crippen molar-refractivity contribution in [3.63, 3.8) is 0 Å². The van der Waals surface area contributed by atoms with Crippen molar-refractivity contribution in [3.05, 3.63) is 81.4 Å². The monoisotopic (exact) mass is 432 g/mol. The minimum absolute atomic E-state index is 0.436. The number of hydrogen-bond acceptors (Lipinski definition) is 0. The molecule has 0 aromatic heterocycles. The molecule has 4 rings (SSSR count). The second-order valence-electron chi connectivity index (χ2n) is 7.70. The molecule has 1 unspecified atom stereocenters. The number of allylic oxidation sites excluding steroid dienone is 2. The number of unbranched alkanes of at least 4 members (excludes halogenated alkanes) is 1. The van der Waals surface area contributed by atoms with Crippen molar-refractivity contribution in [3.8, 4) is 0 Å². The molecule has 0 bridgehead atoms. The Morgan fingerprint density at radius 3 is 2.59 bits per heavy atom. The van der Waals surface area contributed by atoms with E-state index in [1.54, 1.807) is 0 Å². The molecule has 0 saturated carbocycles. The molecule has 2 aliphatic rings. The van der Waals surface area contributed by atoms with E-state index in [9.17, 15) is 0 Å². The number of fused-ring (bicyclic) bond motifs is 2. The number of rotatable bonds is 6. The third kappa shape index (κ3) is 4.37. The van der Waals surface area contributed by atoms with Gasteiger partial charge in [-0.2, -0.15) is 0 Å². The van der Waals surface area contributed by atoms with E-state index in [0.717, 1.165) is 31.7 Å². The molecule has 0 saturated heterocycles. The highest BCUT2D eigenvalue weighted by molar-refractivity contribution is 7.64. The molecular weight excluding hydrogens is 411 g/mol. The Balaban J connectivity index is 1.44. The zero-order valence-electron chi connectivity index (χ0n) is 15.4. The highest BCUT2D eigenvalue weighted by Crippen LogP contribution is 2.45. The summed E-state index contributed by atoms with van der Waals surface area (Å²) in [5.74, 6) is 0.436. The fourth-order valence-corrected chi connectivity index (χ4v) is 6.24. The summed E-state index contributed by atoms with van der Waals surface area (Å²) < 4.78 is 0. The van der Waals surface area contributed by atoms with Crippen LogP contribution < -0.4 is 0 Å². The normalized spacial score (nSPS) is 18.1. The van der Waals surface area contributed by atoms with Crippen molar-refractivity contribution in [2.24, 2.45) is 0 Å². The van der Waals surface area contributed by atoms with Crippen molar-refractivity contribution in [1.29, 1.82) is 0 Å². The van der Waals surface area contributed by atoms with E-state index in [1.807, 2.05) is 0 Å². The molecule has 0 fully saturated rings. The average molecular weight is 434 g/mol. The molecule has 0 radical (unpaired) electrons. The van der Waals surface area contributed by atoms with Gasteiger partial charge in [-0.3, -0.25) is 0 Å². The lowest BCUT2D eigenvalue weighted by atomic mass is 9.87. The van der Waals surface area contributed by atoms with E-state index < -0.39 is 6.00 Å². The van der Waals surface area contributed by atoms with E-state index in [1.165, 1.54) is 39.0 Å². The first-order valence-electron chi connectivity index (χ1n) is 9.57. The average Bonchev–Trinajstić information content (AvgIpc) is 3.16. The van der Waals surface area contributed by atoms with E-state index >= 15 is 0 Å². The number of aryl methyl sites for hydroxylation is 1. The summed E-state index contributed by atoms with van der Waals surface area (Å²) in [5.41, 5.74) is 10.0. The predicted molar refractivity (Wildman–Crippen MR) is 122 cm³/mol. The molecule has 0 spiro atoms. The van der Waals surface area contributed by atoms with Crippen LogP contribution in [-0.2, 0) is 12.8 Å². The Kier molecular flexibility index (Phi) is 5.58. The summed E-state index contributed by atoms with van der Waals surface area (Å²) in [7, 11) is 0. The van der Waals surface area contributed by atoms with Crippen LogP contribution in [-0.4, -0.2) is 6.00 Å². The van der Waals surface area contributed by atoms with Gasteiger partial charge in [0, 0.05) is 5.92 Å². The van der Waals surface area contributed by atoms with Gasteiger partial charge in [0.25, 0.3) is 0 Å². The standard InChI is InChI=1S/C23H23Cl3Si/c1-16-12-19-7-2-3-8-22(19)23(16)21-14-18-10-9-17(13-20(18)15-21)6-4-5-11-27(24,25)26/h2-3,7-10,12-14,23H,4-6,11,15H2,1H3. The minimum Gasteiger partial charge on any atom is -0.126 e. The number of benzene rings is 2. The maximum atomic E-state index is 5.98. The van der Waals surface area contributed by atoms with Gasteiger partial charge in [0.1, 0.15) is 0 Å². The first-order chi connectivity index (χ1) is 12.9.